The molecule has 4 rings (SSSR count). The predicted molar refractivity (Wildman–Crippen MR) is 62.4 cm³/mol. The molecule has 3 unspecified atom stereocenters. The van der Waals surface area contributed by atoms with Gasteiger partial charge in [0, 0.05) is 18.3 Å². The number of hydrogen-bond donors (Lipinski definition) is 0. The van der Waals surface area contributed by atoms with Crippen LogP contribution in [0.25, 0.3) is 0 Å². The molecule has 17 heavy (non-hydrogen) atoms. The molecule has 0 aliphatic heterocycles. The average molecular weight is 230 g/mol. The van der Waals surface area contributed by atoms with Crippen LogP contribution in [-0.4, -0.2) is 5.78 Å². The molecule has 2 saturated carbocycles. The van der Waals surface area contributed by atoms with Crippen molar-refractivity contribution in [2.75, 3.05) is 0 Å². The molecule has 3 atom stereocenters. The van der Waals surface area contributed by atoms with Crippen LogP contribution in [0, 0.1) is 11.7 Å². The van der Waals surface area contributed by atoms with Gasteiger partial charge in [-0.05, 0) is 48.3 Å². The SMILES string of the molecule is O=C1CCCC2(C1)c1cccc(F)c1C1CC12. The molecule has 3 aliphatic carbocycles. The first-order valence-electron chi connectivity index (χ1n) is 6.53. The molecule has 2 heteroatoms. The lowest BCUT2D eigenvalue weighted by Gasteiger charge is -2.35. The van der Waals surface area contributed by atoms with Gasteiger partial charge in [-0.2, -0.15) is 0 Å². The first-order chi connectivity index (χ1) is 8.22. The average Bonchev–Trinajstić information content (AvgIpc) is 3.04. The minimum Gasteiger partial charge on any atom is -0.300 e. The number of rotatable bonds is 0. The van der Waals surface area contributed by atoms with Crippen molar-refractivity contribution in [1.29, 1.82) is 0 Å². The topological polar surface area (TPSA) is 17.1 Å². The normalized spacial score (nSPS) is 38.1. The quantitative estimate of drug-likeness (QED) is 0.668. The molecule has 0 heterocycles. The Morgan fingerprint density at radius 2 is 2.24 bits per heavy atom. The Hall–Kier alpha value is -1.18. The summed E-state index contributed by atoms with van der Waals surface area (Å²) in [6.45, 7) is 0. The van der Waals surface area contributed by atoms with Crippen LogP contribution in [-0.2, 0) is 10.2 Å². The monoisotopic (exact) mass is 230 g/mol. The minimum atomic E-state index is -0.0510. The summed E-state index contributed by atoms with van der Waals surface area (Å²) in [6.07, 6.45) is 4.55. The van der Waals surface area contributed by atoms with Crippen molar-refractivity contribution in [3.63, 3.8) is 0 Å². The standard InChI is InChI=1S/C15H15FO/c16-13-5-1-4-11-14(13)10-7-12(10)15(11)6-2-3-9(17)8-15/h1,4-5,10,12H,2-3,6-8H2. The van der Waals surface area contributed by atoms with Gasteiger partial charge in [-0.25, -0.2) is 4.39 Å². The zero-order chi connectivity index (χ0) is 11.6. The van der Waals surface area contributed by atoms with E-state index in [1.54, 1.807) is 12.1 Å². The second kappa shape index (κ2) is 2.98. The highest BCUT2D eigenvalue weighted by molar-refractivity contribution is 5.82. The maximum absolute atomic E-state index is 13.9. The van der Waals surface area contributed by atoms with Gasteiger partial charge in [0.25, 0.3) is 0 Å². The predicted octanol–water partition coefficient (Wildman–Crippen LogP) is 3.32. The van der Waals surface area contributed by atoms with Crippen molar-refractivity contribution in [3.8, 4) is 0 Å². The molecule has 0 bridgehead atoms. The van der Waals surface area contributed by atoms with Crippen LogP contribution < -0.4 is 0 Å². The van der Waals surface area contributed by atoms with Crippen molar-refractivity contribution in [3.05, 3.63) is 35.1 Å². The molecule has 3 aliphatic rings. The smallest absolute Gasteiger partial charge is 0.133 e. The van der Waals surface area contributed by atoms with E-state index in [1.165, 1.54) is 0 Å². The highest BCUT2D eigenvalue weighted by Crippen LogP contribution is 2.69. The van der Waals surface area contributed by atoms with E-state index in [0.29, 0.717) is 24.0 Å². The summed E-state index contributed by atoms with van der Waals surface area (Å²) in [5.41, 5.74) is 2.11. The molecule has 2 fully saturated rings. The molecule has 1 aromatic rings. The number of carbonyl (C=O) groups is 1. The van der Waals surface area contributed by atoms with Gasteiger partial charge >= 0.3 is 0 Å². The van der Waals surface area contributed by atoms with Crippen LogP contribution in [0.1, 0.15) is 49.1 Å². The summed E-state index contributed by atoms with van der Waals surface area (Å²) < 4.78 is 13.9. The van der Waals surface area contributed by atoms with Gasteiger partial charge in [-0.3, -0.25) is 4.79 Å². The van der Waals surface area contributed by atoms with Crippen molar-refractivity contribution < 1.29 is 9.18 Å². The summed E-state index contributed by atoms with van der Waals surface area (Å²) in [5, 5.41) is 0. The van der Waals surface area contributed by atoms with Crippen LogP contribution in [0.15, 0.2) is 18.2 Å². The fourth-order valence-electron chi connectivity index (χ4n) is 4.35. The van der Waals surface area contributed by atoms with E-state index in [4.69, 9.17) is 0 Å². The molecule has 0 aromatic heterocycles. The van der Waals surface area contributed by atoms with Crippen LogP contribution in [0.5, 0.6) is 0 Å². The van der Waals surface area contributed by atoms with E-state index in [2.05, 4.69) is 6.07 Å². The summed E-state index contributed by atoms with van der Waals surface area (Å²) in [5.74, 6) is 1.29. The maximum Gasteiger partial charge on any atom is 0.133 e. The maximum atomic E-state index is 13.9. The number of Topliss-reactive ketones (excluding diaryl/α,β-unsaturated/α-hetero) is 1. The molecule has 1 spiro atoms. The van der Waals surface area contributed by atoms with Crippen LogP contribution in [0.4, 0.5) is 4.39 Å². The van der Waals surface area contributed by atoms with Gasteiger partial charge in [0.2, 0.25) is 0 Å². The number of halogens is 1. The lowest BCUT2D eigenvalue weighted by molar-refractivity contribution is -0.122. The van der Waals surface area contributed by atoms with Gasteiger partial charge in [0.15, 0.2) is 0 Å². The highest BCUT2D eigenvalue weighted by Gasteiger charge is 2.62. The summed E-state index contributed by atoms with van der Waals surface area (Å²) in [7, 11) is 0. The fourth-order valence-corrected chi connectivity index (χ4v) is 4.35. The first kappa shape index (κ1) is 9.81. The molecule has 0 N–H and O–H groups in total. The summed E-state index contributed by atoms with van der Waals surface area (Å²) in [6, 6.07) is 5.43. The van der Waals surface area contributed by atoms with Crippen LogP contribution in [0.3, 0.4) is 0 Å². The van der Waals surface area contributed by atoms with Gasteiger partial charge in [-0.15, -0.1) is 0 Å². The number of ketones is 1. The third kappa shape index (κ3) is 1.11. The van der Waals surface area contributed by atoms with Crippen molar-refractivity contribution >= 4 is 5.78 Å². The second-order valence-corrected chi connectivity index (χ2v) is 5.87. The Kier molecular flexibility index (Phi) is 1.72. The molecule has 0 radical (unpaired) electrons. The lowest BCUT2D eigenvalue weighted by Crippen LogP contribution is -2.34. The van der Waals surface area contributed by atoms with E-state index in [9.17, 15) is 9.18 Å². The van der Waals surface area contributed by atoms with E-state index < -0.39 is 0 Å². The van der Waals surface area contributed by atoms with Crippen molar-refractivity contribution in [2.24, 2.45) is 5.92 Å². The number of fused-ring (bicyclic) bond motifs is 5. The Balaban J connectivity index is 1.90. The van der Waals surface area contributed by atoms with Crippen LogP contribution in [0.2, 0.25) is 0 Å². The van der Waals surface area contributed by atoms with Gasteiger partial charge < -0.3 is 0 Å². The molecule has 88 valence electrons. The Labute approximate surface area is 100 Å². The molecular weight excluding hydrogens is 215 g/mol. The van der Waals surface area contributed by atoms with E-state index in [-0.39, 0.29) is 11.2 Å². The van der Waals surface area contributed by atoms with E-state index in [1.807, 2.05) is 0 Å². The molecule has 1 nitrogen and oxygen atoms in total. The van der Waals surface area contributed by atoms with Gasteiger partial charge in [0.1, 0.15) is 11.6 Å². The van der Waals surface area contributed by atoms with E-state index >= 15 is 0 Å². The largest absolute Gasteiger partial charge is 0.300 e. The van der Waals surface area contributed by atoms with Crippen molar-refractivity contribution in [2.45, 2.75) is 43.4 Å². The zero-order valence-corrected chi connectivity index (χ0v) is 9.71. The van der Waals surface area contributed by atoms with E-state index in [0.717, 1.165) is 36.8 Å². The second-order valence-electron chi connectivity index (χ2n) is 5.87. The van der Waals surface area contributed by atoms with Gasteiger partial charge in [-0.1, -0.05) is 12.1 Å². The Bertz CT molecular complexity index is 522. The van der Waals surface area contributed by atoms with Crippen molar-refractivity contribution in [1.82, 2.24) is 0 Å². The molecule has 0 saturated heterocycles. The molecular formula is C15H15FO. The molecule has 0 amide bonds. The fraction of sp³-hybridized carbons (Fsp3) is 0.533. The summed E-state index contributed by atoms with van der Waals surface area (Å²) >= 11 is 0. The number of benzene rings is 1. The highest BCUT2D eigenvalue weighted by atomic mass is 19.1. The minimum absolute atomic E-state index is 0.0113. The van der Waals surface area contributed by atoms with Crippen LogP contribution >= 0.6 is 0 Å². The zero-order valence-electron chi connectivity index (χ0n) is 9.71. The Morgan fingerprint density at radius 1 is 1.35 bits per heavy atom. The lowest BCUT2D eigenvalue weighted by atomic mass is 9.67. The number of carbonyl (C=O) groups excluding carboxylic acids is 1. The summed E-state index contributed by atoms with van der Waals surface area (Å²) in [4.78, 5) is 11.8. The molecule has 1 aromatic carbocycles. The third-order valence-electron chi connectivity index (χ3n) is 5.05. The number of hydrogen-bond acceptors (Lipinski definition) is 1. The first-order valence-corrected chi connectivity index (χ1v) is 6.53. The Morgan fingerprint density at radius 3 is 3.06 bits per heavy atom. The third-order valence-corrected chi connectivity index (χ3v) is 5.05. The van der Waals surface area contributed by atoms with Gasteiger partial charge in [0.05, 0.1) is 0 Å².